The van der Waals surface area contributed by atoms with Gasteiger partial charge in [-0.2, -0.15) is 0 Å². The lowest BCUT2D eigenvalue weighted by atomic mass is 10.1. The Hall–Kier alpha value is -1.99. The van der Waals surface area contributed by atoms with Gasteiger partial charge in [0.1, 0.15) is 4.90 Å². The Morgan fingerprint density at radius 2 is 1.90 bits per heavy atom. The van der Waals surface area contributed by atoms with Crippen molar-refractivity contribution in [2.24, 2.45) is 5.14 Å². The molecule has 0 bridgehead atoms. The highest BCUT2D eigenvalue weighted by Gasteiger charge is 2.15. The van der Waals surface area contributed by atoms with Gasteiger partial charge in [-0.3, -0.25) is 4.98 Å². The van der Waals surface area contributed by atoms with Crippen molar-refractivity contribution in [3.63, 3.8) is 0 Å². The second-order valence-electron chi connectivity index (χ2n) is 4.16. The maximum atomic E-state index is 11.4. The molecular weight excluding hydrogens is 278 g/mol. The Balaban J connectivity index is 1.92. The van der Waals surface area contributed by atoms with Crippen molar-refractivity contribution >= 4 is 10.0 Å². The maximum absolute atomic E-state index is 11.4. The van der Waals surface area contributed by atoms with E-state index in [1.807, 2.05) is 12.1 Å². The average molecular weight is 293 g/mol. The Morgan fingerprint density at radius 3 is 2.60 bits per heavy atom. The van der Waals surface area contributed by atoms with Gasteiger partial charge in [0.05, 0.1) is 6.61 Å². The van der Waals surface area contributed by atoms with Gasteiger partial charge >= 0.3 is 0 Å². The monoisotopic (exact) mass is 293 g/mol. The van der Waals surface area contributed by atoms with E-state index in [0.29, 0.717) is 6.61 Å². The largest absolute Gasteiger partial charge is 0.477 e. The third kappa shape index (κ3) is 4.01. The van der Waals surface area contributed by atoms with Crippen LogP contribution in [0.15, 0.2) is 47.8 Å². The first-order valence-corrected chi connectivity index (χ1v) is 7.61. The minimum absolute atomic E-state index is 0.0460. The molecule has 0 aliphatic heterocycles. The van der Waals surface area contributed by atoms with Crippen LogP contribution in [-0.2, 0) is 16.4 Å². The number of aromatic nitrogens is 2. The van der Waals surface area contributed by atoms with E-state index in [0.717, 1.165) is 18.4 Å². The van der Waals surface area contributed by atoms with Crippen molar-refractivity contribution < 1.29 is 13.2 Å². The van der Waals surface area contributed by atoms with E-state index in [1.165, 1.54) is 18.3 Å². The van der Waals surface area contributed by atoms with Crippen LogP contribution in [0.3, 0.4) is 0 Å². The fourth-order valence-electron chi connectivity index (χ4n) is 1.70. The number of aryl methyl sites for hydroxylation is 1. The zero-order valence-electron chi connectivity index (χ0n) is 10.8. The summed E-state index contributed by atoms with van der Waals surface area (Å²) in [6, 6.07) is 6.73. The molecular formula is C13H15N3O3S. The van der Waals surface area contributed by atoms with Gasteiger partial charge in [0.15, 0.2) is 0 Å². The van der Waals surface area contributed by atoms with Crippen molar-refractivity contribution in [2.75, 3.05) is 6.61 Å². The number of ether oxygens (including phenoxy) is 1. The highest BCUT2D eigenvalue weighted by molar-refractivity contribution is 7.89. The quantitative estimate of drug-likeness (QED) is 0.806. The van der Waals surface area contributed by atoms with Crippen molar-refractivity contribution in [2.45, 2.75) is 17.7 Å². The summed E-state index contributed by atoms with van der Waals surface area (Å²) in [4.78, 5) is 7.74. The number of sulfonamides is 1. The summed E-state index contributed by atoms with van der Waals surface area (Å²) in [5, 5.41) is 5.10. The Bertz CT molecular complexity index is 660. The average Bonchev–Trinajstić information content (AvgIpc) is 2.44. The molecule has 0 unspecified atom stereocenters. The molecule has 0 aliphatic carbocycles. The molecule has 0 radical (unpaired) electrons. The van der Waals surface area contributed by atoms with E-state index < -0.39 is 10.0 Å². The van der Waals surface area contributed by atoms with E-state index in [4.69, 9.17) is 9.88 Å². The third-order valence-corrected chi connectivity index (χ3v) is 3.56. The maximum Gasteiger partial charge on any atom is 0.243 e. The summed E-state index contributed by atoms with van der Waals surface area (Å²) in [5.74, 6) is 0.0460. The minimum atomic E-state index is -3.82. The first-order chi connectivity index (χ1) is 9.57. The molecule has 0 atom stereocenters. The smallest absolute Gasteiger partial charge is 0.243 e. The molecule has 106 valence electrons. The lowest BCUT2D eigenvalue weighted by Crippen LogP contribution is -2.15. The van der Waals surface area contributed by atoms with E-state index in [9.17, 15) is 8.42 Å². The molecule has 0 aromatic carbocycles. The molecule has 0 spiro atoms. The van der Waals surface area contributed by atoms with Gasteiger partial charge in [-0.15, -0.1) is 0 Å². The predicted octanol–water partition coefficient (Wildman–Crippen LogP) is 1.14. The van der Waals surface area contributed by atoms with Crippen LogP contribution in [0.1, 0.15) is 12.0 Å². The molecule has 2 aromatic heterocycles. The van der Waals surface area contributed by atoms with Crippen LogP contribution in [-0.4, -0.2) is 25.0 Å². The third-order valence-electron chi connectivity index (χ3n) is 2.64. The summed E-state index contributed by atoms with van der Waals surface area (Å²) in [7, 11) is -3.82. The number of pyridine rings is 2. The van der Waals surface area contributed by atoms with Crippen LogP contribution in [0.25, 0.3) is 0 Å². The fraction of sp³-hybridized carbons (Fsp3) is 0.231. The van der Waals surface area contributed by atoms with Gasteiger partial charge in [0, 0.05) is 18.6 Å². The molecule has 0 amide bonds. The van der Waals surface area contributed by atoms with Gasteiger partial charge in [-0.05, 0) is 42.7 Å². The van der Waals surface area contributed by atoms with Crippen molar-refractivity contribution in [3.8, 4) is 5.88 Å². The standard InChI is InChI=1S/C13H15N3O3S/c14-20(17,18)12-4-1-7-16-13(12)19-10-2-3-11-5-8-15-9-6-11/h1,4-9H,2-3,10H2,(H2,14,17,18). The number of hydrogen-bond acceptors (Lipinski definition) is 5. The first kappa shape index (κ1) is 14.4. The highest BCUT2D eigenvalue weighted by atomic mass is 32.2. The molecule has 2 rings (SSSR count). The lowest BCUT2D eigenvalue weighted by molar-refractivity contribution is 0.291. The number of hydrogen-bond donors (Lipinski definition) is 1. The second-order valence-corrected chi connectivity index (χ2v) is 5.69. The van der Waals surface area contributed by atoms with Crippen LogP contribution in [0.2, 0.25) is 0 Å². The van der Waals surface area contributed by atoms with Crippen LogP contribution in [0.5, 0.6) is 5.88 Å². The molecule has 6 nitrogen and oxygen atoms in total. The van der Waals surface area contributed by atoms with Gasteiger partial charge in [0.2, 0.25) is 15.9 Å². The summed E-state index contributed by atoms with van der Waals surface area (Å²) < 4.78 is 28.1. The molecule has 2 aromatic rings. The summed E-state index contributed by atoms with van der Waals surface area (Å²) in [6.45, 7) is 0.363. The van der Waals surface area contributed by atoms with Crippen LogP contribution >= 0.6 is 0 Å². The molecule has 0 fully saturated rings. The van der Waals surface area contributed by atoms with Crippen molar-refractivity contribution in [3.05, 3.63) is 48.4 Å². The molecule has 0 saturated heterocycles. The SMILES string of the molecule is NS(=O)(=O)c1cccnc1OCCCc1ccncc1. The molecule has 20 heavy (non-hydrogen) atoms. The number of nitrogens with two attached hydrogens (primary N) is 1. The normalized spacial score (nSPS) is 11.2. The number of rotatable bonds is 6. The Labute approximate surface area is 117 Å². The van der Waals surface area contributed by atoms with E-state index in [1.54, 1.807) is 12.4 Å². The van der Waals surface area contributed by atoms with Gasteiger partial charge in [-0.25, -0.2) is 18.5 Å². The van der Waals surface area contributed by atoms with Gasteiger partial charge in [-0.1, -0.05) is 0 Å². The van der Waals surface area contributed by atoms with Crippen molar-refractivity contribution in [1.29, 1.82) is 0 Å². The first-order valence-electron chi connectivity index (χ1n) is 6.07. The Morgan fingerprint density at radius 1 is 1.15 bits per heavy atom. The molecule has 0 saturated carbocycles. The second kappa shape index (κ2) is 6.44. The Kier molecular flexibility index (Phi) is 4.65. The van der Waals surface area contributed by atoms with E-state index in [2.05, 4.69) is 9.97 Å². The minimum Gasteiger partial charge on any atom is -0.477 e. The van der Waals surface area contributed by atoms with Crippen LogP contribution < -0.4 is 9.88 Å². The molecule has 0 aliphatic rings. The summed E-state index contributed by atoms with van der Waals surface area (Å²) in [6.07, 6.45) is 6.49. The lowest BCUT2D eigenvalue weighted by Gasteiger charge is -2.08. The summed E-state index contributed by atoms with van der Waals surface area (Å²) >= 11 is 0. The predicted molar refractivity (Wildman–Crippen MR) is 73.7 cm³/mol. The van der Waals surface area contributed by atoms with Crippen LogP contribution in [0.4, 0.5) is 0 Å². The van der Waals surface area contributed by atoms with Crippen molar-refractivity contribution in [1.82, 2.24) is 9.97 Å². The highest BCUT2D eigenvalue weighted by Crippen LogP contribution is 2.18. The van der Waals surface area contributed by atoms with E-state index >= 15 is 0 Å². The van der Waals surface area contributed by atoms with Gasteiger partial charge in [0.25, 0.3) is 0 Å². The molecule has 2 N–H and O–H groups in total. The van der Waals surface area contributed by atoms with Gasteiger partial charge < -0.3 is 4.74 Å². The number of nitrogens with zero attached hydrogens (tertiary/aromatic N) is 2. The molecule has 2 heterocycles. The van der Waals surface area contributed by atoms with E-state index in [-0.39, 0.29) is 10.8 Å². The van der Waals surface area contributed by atoms with Crippen LogP contribution in [0, 0.1) is 0 Å². The number of primary sulfonamides is 1. The topological polar surface area (TPSA) is 95.2 Å². The molecule has 7 heteroatoms. The zero-order chi connectivity index (χ0) is 14.4. The zero-order valence-corrected chi connectivity index (χ0v) is 11.6. The fourth-order valence-corrected chi connectivity index (χ4v) is 2.32. The summed E-state index contributed by atoms with van der Waals surface area (Å²) in [5.41, 5.74) is 1.15.